The fraction of sp³-hybridized carbons (Fsp3) is 0.400. The average Bonchev–Trinajstić information content (AvgIpc) is 2.61. The number of hydrogen-bond acceptors (Lipinski definition) is 3. The molecule has 0 radical (unpaired) electrons. The van der Waals surface area contributed by atoms with Crippen molar-refractivity contribution in [3.05, 3.63) is 65.7 Å². The number of rotatable bonds is 4. The van der Waals surface area contributed by atoms with E-state index >= 15 is 0 Å². The molecule has 2 heterocycles. The van der Waals surface area contributed by atoms with Crippen LogP contribution in [0.5, 0.6) is 0 Å². The molecule has 3 unspecified atom stereocenters. The minimum Gasteiger partial charge on any atom is -0.377 e. The van der Waals surface area contributed by atoms with E-state index in [1.54, 1.807) is 24.5 Å². The van der Waals surface area contributed by atoms with Crippen molar-refractivity contribution in [3.63, 3.8) is 0 Å². The van der Waals surface area contributed by atoms with Crippen LogP contribution in [0.3, 0.4) is 0 Å². The summed E-state index contributed by atoms with van der Waals surface area (Å²) >= 11 is 0. The van der Waals surface area contributed by atoms with Gasteiger partial charge in [-0.15, -0.1) is 0 Å². The molecule has 1 aromatic heterocycles. The summed E-state index contributed by atoms with van der Waals surface area (Å²) in [5, 5.41) is 0. The van der Waals surface area contributed by atoms with Crippen LogP contribution < -0.4 is 0 Å². The quantitative estimate of drug-likeness (QED) is 0.857. The van der Waals surface area contributed by atoms with E-state index in [1.807, 2.05) is 30.9 Å². The first kappa shape index (κ1) is 17.5. The monoisotopic (exact) mass is 342 g/mol. The molecule has 0 saturated carbocycles. The Morgan fingerprint density at radius 3 is 2.52 bits per heavy atom. The van der Waals surface area contributed by atoms with Crippen LogP contribution in [0.25, 0.3) is 0 Å². The molecule has 5 heteroatoms. The highest BCUT2D eigenvalue weighted by atomic mass is 19.1. The zero-order valence-electron chi connectivity index (χ0n) is 14.6. The van der Waals surface area contributed by atoms with Gasteiger partial charge in [-0.2, -0.15) is 0 Å². The predicted octanol–water partition coefficient (Wildman–Crippen LogP) is 3.18. The summed E-state index contributed by atoms with van der Waals surface area (Å²) in [6, 6.07) is 10.1. The Morgan fingerprint density at radius 1 is 1.24 bits per heavy atom. The van der Waals surface area contributed by atoms with Crippen molar-refractivity contribution in [1.29, 1.82) is 0 Å². The molecular weight excluding hydrogens is 319 g/mol. The molecule has 132 valence electrons. The summed E-state index contributed by atoms with van der Waals surface area (Å²) in [5.41, 5.74) is 1.81. The van der Waals surface area contributed by atoms with E-state index in [9.17, 15) is 9.18 Å². The van der Waals surface area contributed by atoms with Gasteiger partial charge < -0.3 is 9.64 Å². The van der Waals surface area contributed by atoms with Crippen molar-refractivity contribution >= 4 is 5.91 Å². The maximum atomic E-state index is 13.4. The lowest BCUT2D eigenvalue weighted by Crippen LogP contribution is -2.54. The third kappa shape index (κ3) is 4.04. The van der Waals surface area contributed by atoms with Gasteiger partial charge in [0.25, 0.3) is 0 Å². The number of pyridine rings is 1. The molecule has 1 amide bonds. The Balaban J connectivity index is 1.92. The third-order valence-electron chi connectivity index (χ3n) is 4.66. The van der Waals surface area contributed by atoms with Crippen molar-refractivity contribution in [2.24, 2.45) is 0 Å². The first-order valence-corrected chi connectivity index (χ1v) is 8.60. The van der Waals surface area contributed by atoms with Gasteiger partial charge in [0.1, 0.15) is 5.82 Å². The number of aromatic nitrogens is 1. The second-order valence-electron chi connectivity index (χ2n) is 6.65. The molecule has 3 atom stereocenters. The summed E-state index contributed by atoms with van der Waals surface area (Å²) < 4.78 is 18.9. The lowest BCUT2D eigenvalue weighted by Gasteiger charge is -2.40. The molecule has 0 N–H and O–H groups in total. The van der Waals surface area contributed by atoms with Crippen molar-refractivity contribution in [3.8, 4) is 0 Å². The lowest BCUT2D eigenvalue weighted by molar-refractivity contribution is -0.145. The first-order chi connectivity index (χ1) is 12.1. The molecule has 1 aliphatic rings. The van der Waals surface area contributed by atoms with Crippen LogP contribution in [0.2, 0.25) is 0 Å². The molecule has 0 spiro atoms. The van der Waals surface area contributed by atoms with Crippen LogP contribution in [-0.2, 0) is 16.0 Å². The number of hydrogen-bond donors (Lipinski definition) is 0. The van der Waals surface area contributed by atoms with Crippen LogP contribution >= 0.6 is 0 Å². The lowest BCUT2D eigenvalue weighted by atomic mass is 9.90. The number of nitrogens with zero attached hydrogens (tertiary/aromatic N) is 2. The summed E-state index contributed by atoms with van der Waals surface area (Å²) in [5.74, 6) is -0.615. The molecule has 1 saturated heterocycles. The van der Waals surface area contributed by atoms with Crippen LogP contribution in [0.1, 0.15) is 30.9 Å². The van der Waals surface area contributed by atoms with Crippen LogP contribution in [0.15, 0.2) is 48.8 Å². The van der Waals surface area contributed by atoms with E-state index in [0.717, 1.165) is 11.1 Å². The van der Waals surface area contributed by atoms with Gasteiger partial charge >= 0.3 is 0 Å². The second-order valence-corrected chi connectivity index (χ2v) is 6.65. The third-order valence-corrected chi connectivity index (χ3v) is 4.66. The highest BCUT2D eigenvalue weighted by Crippen LogP contribution is 2.27. The van der Waals surface area contributed by atoms with Crippen LogP contribution in [0.4, 0.5) is 4.39 Å². The standard InChI is InChI=1S/C20H23FN2O2/c1-14-12-25-13-15(2)23(14)20(24)19(10-16-4-3-9-22-11-16)17-5-7-18(21)8-6-17/h3-9,11,14-15,19H,10,12-13H2,1-2H3. The van der Waals surface area contributed by atoms with E-state index in [0.29, 0.717) is 19.6 Å². The Labute approximate surface area is 147 Å². The Hall–Kier alpha value is -2.27. The first-order valence-electron chi connectivity index (χ1n) is 8.60. The minimum atomic E-state index is -0.368. The Morgan fingerprint density at radius 2 is 1.92 bits per heavy atom. The van der Waals surface area contributed by atoms with Gasteiger partial charge in [-0.1, -0.05) is 18.2 Å². The fourth-order valence-electron chi connectivity index (χ4n) is 3.42. The smallest absolute Gasteiger partial charge is 0.231 e. The normalized spacial score (nSPS) is 21.8. The van der Waals surface area contributed by atoms with E-state index in [1.165, 1.54) is 12.1 Å². The largest absolute Gasteiger partial charge is 0.377 e. The molecule has 1 aliphatic heterocycles. The van der Waals surface area contributed by atoms with E-state index in [2.05, 4.69) is 4.98 Å². The number of carbonyl (C=O) groups excluding carboxylic acids is 1. The molecular formula is C20H23FN2O2. The summed E-state index contributed by atoms with van der Waals surface area (Å²) in [4.78, 5) is 19.4. The minimum absolute atomic E-state index is 0.0214. The Bertz CT molecular complexity index is 695. The van der Waals surface area contributed by atoms with Crippen molar-refractivity contribution in [2.75, 3.05) is 13.2 Å². The molecule has 1 aromatic carbocycles. The number of morpholine rings is 1. The maximum absolute atomic E-state index is 13.4. The molecule has 1 fully saturated rings. The van der Waals surface area contributed by atoms with E-state index in [4.69, 9.17) is 4.74 Å². The van der Waals surface area contributed by atoms with Gasteiger partial charge in [-0.25, -0.2) is 4.39 Å². The number of carbonyl (C=O) groups is 1. The summed E-state index contributed by atoms with van der Waals surface area (Å²) in [7, 11) is 0. The maximum Gasteiger partial charge on any atom is 0.231 e. The van der Waals surface area contributed by atoms with Gasteiger partial charge in [0, 0.05) is 12.4 Å². The van der Waals surface area contributed by atoms with Gasteiger partial charge in [-0.3, -0.25) is 9.78 Å². The van der Waals surface area contributed by atoms with Crippen molar-refractivity contribution in [2.45, 2.75) is 38.3 Å². The Kier molecular flexibility index (Phi) is 5.43. The molecule has 0 bridgehead atoms. The van der Waals surface area contributed by atoms with Gasteiger partial charge in [0.15, 0.2) is 0 Å². The molecule has 2 aromatic rings. The summed E-state index contributed by atoms with van der Waals surface area (Å²) in [6.07, 6.45) is 4.02. The second kappa shape index (κ2) is 7.74. The number of halogens is 1. The van der Waals surface area contributed by atoms with E-state index in [-0.39, 0.29) is 29.7 Å². The molecule has 4 nitrogen and oxygen atoms in total. The zero-order chi connectivity index (χ0) is 17.8. The van der Waals surface area contributed by atoms with E-state index < -0.39 is 0 Å². The van der Waals surface area contributed by atoms with Crippen molar-refractivity contribution < 1.29 is 13.9 Å². The SMILES string of the molecule is CC1COCC(C)N1C(=O)C(Cc1cccnc1)c1ccc(F)cc1. The van der Waals surface area contributed by atoms with Crippen molar-refractivity contribution in [1.82, 2.24) is 9.88 Å². The average molecular weight is 342 g/mol. The van der Waals surface area contributed by atoms with Gasteiger partial charge in [0.05, 0.1) is 31.2 Å². The number of ether oxygens (including phenoxy) is 1. The highest BCUT2D eigenvalue weighted by Gasteiger charge is 2.34. The number of benzene rings is 1. The fourth-order valence-corrected chi connectivity index (χ4v) is 3.42. The number of amides is 1. The predicted molar refractivity (Wildman–Crippen MR) is 93.7 cm³/mol. The molecule has 3 rings (SSSR count). The van der Waals surface area contributed by atoms with Gasteiger partial charge in [0.2, 0.25) is 5.91 Å². The van der Waals surface area contributed by atoms with Gasteiger partial charge in [-0.05, 0) is 49.6 Å². The van der Waals surface area contributed by atoms with Crippen LogP contribution in [-0.4, -0.2) is 41.1 Å². The molecule has 0 aliphatic carbocycles. The molecule has 25 heavy (non-hydrogen) atoms. The summed E-state index contributed by atoms with van der Waals surface area (Å²) in [6.45, 7) is 5.08. The zero-order valence-corrected chi connectivity index (χ0v) is 14.6. The van der Waals surface area contributed by atoms with Crippen LogP contribution in [0, 0.1) is 5.82 Å². The highest BCUT2D eigenvalue weighted by molar-refractivity contribution is 5.84. The topological polar surface area (TPSA) is 42.4 Å².